The molecule has 4 aromatic heterocycles. The van der Waals surface area contributed by atoms with E-state index in [0.717, 1.165) is 34.9 Å². The summed E-state index contributed by atoms with van der Waals surface area (Å²) in [5, 5.41) is 4.15. The van der Waals surface area contributed by atoms with Crippen molar-refractivity contribution in [1.29, 1.82) is 0 Å². The molecule has 0 aromatic carbocycles. The van der Waals surface area contributed by atoms with Gasteiger partial charge < -0.3 is 20.8 Å². The number of anilines is 2. The molecule has 0 radical (unpaired) electrons. The van der Waals surface area contributed by atoms with Gasteiger partial charge in [0.2, 0.25) is 5.95 Å². The quantitative estimate of drug-likeness (QED) is 0.468. The third-order valence-corrected chi connectivity index (χ3v) is 6.79. The number of pyridine rings is 1. The maximum absolute atomic E-state index is 6.04. The van der Waals surface area contributed by atoms with Crippen LogP contribution in [0.4, 0.5) is 11.8 Å². The van der Waals surface area contributed by atoms with Gasteiger partial charge in [-0.2, -0.15) is 4.98 Å². The van der Waals surface area contributed by atoms with Crippen LogP contribution < -0.4 is 11.5 Å². The third kappa shape index (κ3) is 3.90. The Morgan fingerprint density at radius 3 is 2.39 bits per heavy atom. The summed E-state index contributed by atoms with van der Waals surface area (Å²) in [6.45, 7) is 7.25. The Labute approximate surface area is 193 Å². The summed E-state index contributed by atoms with van der Waals surface area (Å²) in [6, 6.07) is 6.10. The molecule has 33 heavy (non-hydrogen) atoms. The smallest absolute Gasteiger partial charge is 0.240 e. The number of aromatic nitrogens is 6. The average molecular weight is 449 g/mol. The first-order valence-electron chi connectivity index (χ1n) is 11.8. The van der Waals surface area contributed by atoms with E-state index in [1.165, 1.54) is 38.5 Å². The van der Waals surface area contributed by atoms with Crippen LogP contribution in [0.15, 0.2) is 24.4 Å². The zero-order valence-corrected chi connectivity index (χ0v) is 19.6. The number of aryl methyl sites for hydroxylation is 1. The van der Waals surface area contributed by atoms with Gasteiger partial charge in [-0.15, -0.1) is 5.10 Å². The van der Waals surface area contributed by atoms with Crippen molar-refractivity contribution >= 4 is 28.4 Å². The molecule has 0 bridgehead atoms. The number of nitrogens with zero attached hydrogens (tertiary/aromatic N) is 6. The molecule has 5 heterocycles. The van der Waals surface area contributed by atoms with Crippen molar-refractivity contribution in [3.63, 3.8) is 0 Å². The van der Waals surface area contributed by atoms with Crippen LogP contribution in [0, 0.1) is 6.92 Å². The van der Waals surface area contributed by atoms with E-state index in [1.54, 1.807) is 10.7 Å². The molecule has 2 aliphatic rings. The molecule has 1 saturated carbocycles. The molecule has 174 valence electrons. The second-order valence-electron chi connectivity index (χ2n) is 9.38. The number of nitrogen functional groups attached to an aromatic ring is 2. The fourth-order valence-corrected chi connectivity index (χ4v) is 5.11. The SMILES string of the molecule is C1CCC2(CC1)CCO2.Cc1nc2ccc(-c3ccn4nc(N)nc(N)c34)nc2n1C(C)C. The summed E-state index contributed by atoms with van der Waals surface area (Å²) in [4.78, 5) is 13.4. The monoisotopic (exact) mass is 448 g/mol. The predicted octanol–water partition coefficient (Wildman–Crippen LogP) is 4.30. The van der Waals surface area contributed by atoms with Crippen molar-refractivity contribution in [1.82, 2.24) is 29.1 Å². The van der Waals surface area contributed by atoms with Crippen LogP contribution in [0.25, 0.3) is 27.9 Å². The lowest BCUT2D eigenvalue weighted by Gasteiger charge is -2.44. The maximum atomic E-state index is 6.04. The third-order valence-electron chi connectivity index (χ3n) is 6.79. The summed E-state index contributed by atoms with van der Waals surface area (Å²) >= 11 is 0. The summed E-state index contributed by atoms with van der Waals surface area (Å²) in [6.07, 6.45) is 10.1. The Morgan fingerprint density at radius 2 is 1.76 bits per heavy atom. The fraction of sp³-hybridized carbons (Fsp3) is 0.500. The summed E-state index contributed by atoms with van der Waals surface area (Å²) in [5.74, 6) is 1.42. The normalized spacial score (nSPS) is 17.3. The molecule has 1 spiro atoms. The Bertz CT molecular complexity index is 1290. The molecular weight excluding hydrogens is 416 g/mol. The van der Waals surface area contributed by atoms with Crippen molar-refractivity contribution in [3.8, 4) is 11.3 Å². The first-order chi connectivity index (χ1) is 15.9. The topological polar surface area (TPSA) is 122 Å². The summed E-state index contributed by atoms with van der Waals surface area (Å²) in [5.41, 5.74) is 16.2. The number of rotatable bonds is 2. The fourth-order valence-electron chi connectivity index (χ4n) is 5.11. The van der Waals surface area contributed by atoms with Crippen molar-refractivity contribution < 1.29 is 4.74 Å². The minimum absolute atomic E-state index is 0.138. The Morgan fingerprint density at radius 1 is 1.00 bits per heavy atom. The molecule has 4 N–H and O–H groups in total. The molecular formula is C24H32N8O. The molecule has 0 atom stereocenters. The molecule has 9 nitrogen and oxygen atoms in total. The number of hydrogen-bond donors (Lipinski definition) is 2. The van der Waals surface area contributed by atoms with Gasteiger partial charge in [-0.1, -0.05) is 19.3 Å². The number of hydrogen-bond acceptors (Lipinski definition) is 7. The van der Waals surface area contributed by atoms with E-state index in [-0.39, 0.29) is 12.0 Å². The minimum atomic E-state index is 0.138. The number of imidazole rings is 1. The first kappa shape index (κ1) is 21.6. The van der Waals surface area contributed by atoms with Crippen LogP contribution in [-0.4, -0.2) is 41.3 Å². The van der Waals surface area contributed by atoms with E-state index >= 15 is 0 Å². The summed E-state index contributed by atoms with van der Waals surface area (Å²) in [7, 11) is 0. The largest absolute Gasteiger partial charge is 0.382 e. The van der Waals surface area contributed by atoms with Gasteiger partial charge in [0.25, 0.3) is 0 Å². The van der Waals surface area contributed by atoms with E-state index in [9.17, 15) is 0 Å². The molecule has 1 aliphatic carbocycles. The average Bonchev–Trinajstić information content (AvgIpc) is 3.33. The Hall–Kier alpha value is -3.20. The van der Waals surface area contributed by atoms with E-state index in [4.69, 9.17) is 21.2 Å². The molecule has 6 rings (SSSR count). The van der Waals surface area contributed by atoms with Crippen LogP contribution in [0.2, 0.25) is 0 Å². The maximum Gasteiger partial charge on any atom is 0.240 e. The highest BCUT2D eigenvalue weighted by atomic mass is 16.5. The summed E-state index contributed by atoms with van der Waals surface area (Å²) < 4.78 is 9.31. The van der Waals surface area contributed by atoms with E-state index < -0.39 is 0 Å². The van der Waals surface area contributed by atoms with Crippen molar-refractivity contribution in [2.24, 2.45) is 0 Å². The van der Waals surface area contributed by atoms with Crippen LogP contribution >= 0.6 is 0 Å². The van der Waals surface area contributed by atoms with Crippen LogP contribution in [0.3, 0.4) is 0 Å². The van der Waals surface area contributed by atoms with E-state index in [1.807, 2.05) is 25.1 Å². The molecule has 2 fully saturated rings. The molecule has 9 heteroatoms. The van der Waals surface area contributed by atoms with Crippen LogP contribution in [0.5, 0.6) is 0 Å². The lowest BCUT2D eigenvalue weighted by Crippen LogP contribution is -2.44. The standard InChI is InChI=1S/C16H18N8.C8H14O/c1-8(2)24-9(3)19-12-5-4-11(20-15(12)24)10-6-7-23-13(10)14(17)21-16(18)22-23;1-2-4-8(5-3-1)6-7-9-8/h4-8H,1-3H3,(H4,17,18,21,22);1-7H2. The van der Waals surface area contributed by atoms with Crippen LogP contribution in [-0.2, 0) is 4.74 Å². The van der Waals surface area contributed by atoms with Gasteiger partial charge in [0.15, 0.2) is 11.5 Å². The lowest BCUT2D eigenvalue weighted by atomic mass is 9.79. The molecule has 1 saturated heterocycles. The first-order valence-corrected chi connectivity index (χ1v) is 11.8. The Kier molecular flexibility index (Phi) is 5.44. The van der Waals surface area contributed by atoms with Crippen molar-refractivity contribution in [2.75, 3.05) is 18.1 Å². The second kappa shape index (κ2) is 8.30. The highest BCUT2D eigenvalue weighted by Gasteiger charge is 2.38. The van der Waals surface area contributed by atoms with Gasteiger partial charge >= 0.3 is 0 Å². The van der Waals surface area contributed by atoms with Gasteiger partial charge in [-0.3, -0.25) is 0 Å². The number of nitrogens with two attached hydrogens (primary N) is 2. The van der Waals surface area contributed by atoms with Crippen molar-refractivity contribution in [2.45, 2.75) is 70.9 Å². The highest BCUT2D eigenvalue weighted by molar-refractivity contribution is 5.88. The number of ether oxygens (including phenoxy) is 1. The molecule has 1 aliphatic heterocycles. The molecule has 4 aromatic rings. The minimum Gasteiger partial charge on any atom is -0.382 e. The van der Waals surface area contributed by atoms with Gasteiger partial charge in [0.1, 0.15) is 16.9 Å². The molecule has 0 amide bonds. The highest BCUT2D eigenvalue weighted by Crippen LogP contribution is 2.40. The zero-order valence-electron chi connectivity index (χ0n) is 19.6. The van der Waals surface area contributed by atoms with Gasteiger partial charge in [0, 0.05) is 17.8 Å². The van der Waals surface area contributed by atoms with E-state index in [0.29, 0.717) is 16.9 Å². The Balaban J connectivity index is 0.000000211. The lowest BCUT2D eigenvalue weighted by molar-refractivity contribution is -0.164. The predicted molar refractivity (Wildman–Crippen MR) is 130 cm³/mol. The van der Waals surface area contributed by atoms with E-state index in [2.05, 4.69) is 33.5 Å². The van der Waals surface area contributed by atoms with Gasteiger partial charge in [-0.25, -0.2) is 14.5 Å². The molecule has 0 unspecified atom stereocenters. The van der Waals surface area contributed by atoms with Gasteiger partial charge in [0.05, 0.1) is 17.9 Å². The number of fused-ring (bicyclic) bond motifs is 2. The second-order valence-corrected chi connectivity index (χ2v) is 9.38. The van der Waals surface area contributed by atoms with Crippen LogP contribution in [0.1, 0.15) is 64.2 Å². The van der Waals surface area contributed by atoms with Crippen molar-refractivity contribution in [3.05, 3.63) is 30.2 Å². The van der Waals surface area contributed by atoms with Gasteiger partial charge in [-0.05, 0) is 58.2 Å². The zero-order chi connectivity index (χ0) is 23.2.